The molecule has 0 unspecified atom stereocenters. The standard InChI is InChI=1S/C18H15F2N3O4S2/c19-17(20)27-13-3-1-2-11(8-13)10-21-16(24)12-4-5-14-15(9-12)28-18-22-29(25,26)7-6-23(14)18/h1-5,8-9,17H,6-7,10H2,(H,21,24). The number of thioether (sulfide) groups is 1. The Morgan fingerprint density at radius 1 is 1.28 bits per heavy atom. The Morgan fingerprint density at radius 2 is 2.10 bits per heavy atom. The van der Waals surface area contributed by atoms with Crippen LogP contribution in [-0.4, -0.2) is 38.4 Å². The van der Waals surface area contributed by atoms with E-state index in [1.165, 1.54) is 23.9 Å². The van der Waals surface area contributed by atoms with Gasteiger partial charge in [-0.2, -0.15) is 8.78 Å². The van der Waals surface area contributed by atoms with Gasteiger partial charge in [0.2, 0.25) is 0 Å². The van der Waals surface area contributed by atoms with Crippen molar-refractivity contribution in [2.45, 2.75) is 18.1 Å². The molecule has 0 saturated carbocycles. The Balaban J connectivity index is 1.45. The fourth-order valence-corrected chi connectivity index (χ4v) is 5.28. The maximum Gasteiger partial charge on any atom is 0.387 e. The highest BCUT2D eigenvalue weighted by Gasteiger charge is 2.33. The highest BCUT2D eigenvalue weighted by atomic mass is 32.2. The average molecular weight is 439 g/mol. The van der Waals surface area contributed by atoms with Crippen molar-refractivity contribution in [1.29, 1.82) is 0 Å². The van der Waals surface area contributed by atoms with Gasteiger partial charge in [0.15, 0.2) is 5.17 Å². The van der Waals surface area contributed by atoms with Gasteiger partial charge in [0, 0.05) is 23.5 Å². The van der Waals surface area contributed by atoms with E-state index in [0.29, 0.717) is 22.8 Å². The smallest absolute Gasteiger partial charge is 0.387 e. The quantitative estimate of drug-likeness (QED) is 0.771. The van der Waals surface area contributed by atoms with Crippen LogP contribution in [0.5, 0.6) is 5.75 Å². The SMILES string of the molecule is O=C(NCc1cccc(OC(F)F)c1)c1ccc2c(c1)SC1=NS(=O)(=O)CCN12. The van der Waals surface area contributed by atoms with Crippen LogP contribution in [0.4, 0.5) is 14.5 Å². The Kier molecular flexibility index (Phi) is 5.17. The van der Waals surface area contributed by atoms with Gasteiger partial charge in [0.25, 0.3) is 15.9 Å². The van der Waals surface area contributed by atoms with Gasteiger partial charge in [-0.05, 0) is 47.7 Å². The zero-order valence-electron chi connectivity index (χ0n) is 14.8. The number of hydrogen-bond acceptors (Lipinski definition) is 6. The summed E-state index contributed by atoms with van der Waals surface area (Å²) in [7, 11) is -3.44. The summed E-state index contributed by atoms with van der Waals surface area (Å²) in [5, 5.41) is 3.12. The third-order valence-corrected chi connectivity index (χ3v) is 6.62. The van der Waals surface area contributed by atoms with E-state index in [4.69, 9.17) is 0 Å². The van der Waals surface area contributed by atoms with E-state index in [-0.39, 0.29) is 24.0 Å². The Morgan fingerprint density at radius 3 is 2.90 bits per heavy atom. The first-order chi connectivity index (χ1) is 13.8. The summed E-state index contributed by atoms with van der Waals surface area (Å²) < 4.78 is 56.1. The van der Waals surface area contributed by atoms with Crippen LogP contribution in [0.15, 0.2) is 51.8 Å². The fraction of sp³-hybridized carbons (Fsp3) is 0.222. The van der Waals surface area contributed by atoms with Crippen LogP contribution >= 0.6 is 11.8 Å². The van der Waals surface area contributed by atoms with Crippen LogP contribution in [0.3, 0.4) is 0 Å². The maximum absolute atomic E-state index is 12.5. The number of fused-ring (bicyclic) bond motifs is 3. The van der Waals surface area contributed by atoms with Crippen LogP contribution in [0.1, 0.15) is 15.9 Å². The number of halogens is 2. The summed E-state index contributed by atoms with van der Waals surface area (Å²) in [4.78, 5) is 15.1. The molecule has 0 bridgehead atoms. The molecule has 1 amide bonds. The van der Waals surface area contributed by atoms with E-state index in [2.05, 4.69) is 14.5 Å². The Labute approximate surface area is 169 Å². The van der Waals surface area contributed by atoms with E-state index in [9.17, 15) is 22.0 Å². The van der Waals surface area contributed by atoms with Gasteiger partial charge in [0.1, 0.15) is 5.75 Å². The molecule has 2 aliphatic rings. The molecular weight excluding hydrogens is 424 g/mol. The largest absolute Gasteiger partial charge is 0.435 e. The van der Waals surface area contributed by atoms with E-state index in [0.717, 1.165) is 10.6 Å². The second-order valence-corrected chi connectivity index (χ2v) is 9.07. The minimum atomic E-state index is -3.44. The second kappa shape index (κ2) is 7.64. The number of hydrogen-bond donors (Lipinski definition) is 1. The molecule has 1 N–H and O–H groups in total. The number of nitrogens with zero attached hydrogens (tertiary/aromatic N) is 2. The first-order valence-electron chi connectivity index (χ1n) is 8.55. The van der Waals surface area contributed by atoms with Gasteiger partial charge >= 0.3 is 6.61 Å². The number of amides is 1. The molecule has 2 aliphatic heterocycles. The van der Waals surface area contributed by atoms with Gasteiger partial charge in [-0.25, -0.2) is 8.42 Å². The van der Waals surface area contributed by atoms with E-state index in [1.54, 1.807) is 30.3 Å². The summed E-state index contributed by atoms with van der Waals surface area (Å²) in [6, 6.07) is 11.2. The lowest BCUT2D eigenvalue weighted by Gasteiger charge is -2.22. The van der Waals surface area contributed by atoms with Gasteiger partial charge in [-0.15, -0.1) is 4.40 Å². The molecule has 2 heterocycles. The van der Waals surface area contributed by atoms with Crippen molar-refractivity contribution in [2.75, 3.05) is 17.2 Å². The van der Waals surface area contributed by atoms with Gasteiger partial charge in [0.05, 0.1) is 11.4 Å². The topological polar surface area (TPSA) is 88.1 Å². The predicted molar refractivity (Wildman–Crippen MR) is 105 cm³/mol. The summed E-state index contributed by atoms with van der Waals surface area (Å²) >= 11 is 1.21. The molecule has 2 aromatic rings. The van der Waals surface area contributed by atoms with Gasteiger partial charge in [-0.1, -0.05) is 12.1 Å². The van der Waals surface area contributed by atoms with Gasteiger partial charge < -0.3 is 15.0 Å². The van der Waals surface area contributed by atoms with Crippen LogP contribution in [0, 0.1) is 0 Å². The summed E-state index contributed by atoms with van der Waals surface area (Å²) in [5.41, 5.74) is 1.83. The molecule has 0 fully saturated rings. The number of carbonyl (C=O) groups excluding carboxylic acids is 1. The van der Waals surface area contributed by atoms with Crippen LogP contribution < -0.4 is 15.0 Å². The number of benzene rings is 2. The molecule has 7 nitrogen and oxygen atoms in total. The molecule has 0 spiro atoms. The Hall–Kier alpha value is -2.66. The van der Waals surface area contributed by atoms with Crippen molar-refractivity contribution >= 4 is 38.5 Å². The summed E-state index contributed by atoms with van der Waals surface area (Å²) in [6.07, 6.45) is 0. The monoisotopic (exact) mass is 439 g/mol. The molecule has 0 aromatic heterocycles. The molecule has 2 aromatic carbocycles. The first-order valence-corrected chi connectivity index (χ1v) is 11.0. The number of carbonyl (C=O) groups is 1. The van der Waals surface area contributed by atoms with Crippen LogP contribution in [0.25, 0.3) is 0 Å². The van der Waals surface area contributed by atoms with Crippen molar-refractivity contribution in [1.82, 2.24) is 5.32 Å². The molecule has 4 rings (SSSR count). The number of ether oxygens (including phenoxy) is 1. The lowest BCUT2D eigenvalue weighted by Crippen LogP contribution is -2.35. The zero-order valence-corrected chi connectivity index (χ0v) is 16.5. The first kappa shape index (κ1) is 19.6. The van der Waals surface area contributed by atoms with E-state index >= 15 is 0 Å². The highest BCUT2D eigenvalue weighted by molar-refractivity contribution is 8.15. The lowest BCUT2D eigenvalue weighted by atomic mass is 10.1. The molecule has 0 atom stereocenters. The van der Waals surface area contributed by atoms with Crippen molar-refractivity contribution < 1.29 is 26.7 Å². The average Bonchev–Trinajstić information content (AvgIpc) is 3.01. The van der Waals surface area contributed by atoms with Crippen molar-refractivity contribution in [3.8, 4) is 5.75 Å². The van der Waals surface area contributed by atoms with Crippen LogP contribution in [0.2, 0.25) is 0 Å². The Bertz CT molecular complexity index is 1110. The molecule has 152 valence electrons. The predicted octanol–water partition coefficient (Wildman–Crippen LogP) is 2.83. The van der Waals surface area contributed by atoms with Crippen molar-refractivity contribution in [2.24, 2.45) is 4.40 Å². The zero-order chi connectivity index (χ0) is 20.6. The van der Waals surface area contributed by atoms with Crippen LogP contribution in [-0.2, 0) is 16.6 Å². The van der Waals surface area contributed by atoms with Gasteiger partial charge in [-0.3, -0.25) is 4.79 Å². The minimum absolute atomic E-state index is 0.0214. The van der Waals surface area contributed by atoms with E-state index in [1.807, 2.05) is 4.90 Å². The van der Waals surface area contributed by atoms with Crippen molar-refractivity contribution in [3.63, 3.8) is 0 Å². The summed E-state index contributed by atoms with van der Waals surface area (Å²) in [6.45, 7) is -2.45. The number of rotatable bonds is 5. The second-order valence-electron chi connectivity index (χ2n) is 6.30. The number of anilines is 1. The summed E-state index contributed by atoms with van der Waals surface area (Å²) in [5.74, 6) is -0.367. The lowest BCUT2D eigenvalue weighted by molar-refractivity contribution is -0.0498. The molecule has 0 aliphatic carbocycles. The number of alkyl halides is 2. The normalized spacial score (nSPS) is 16.8. The molecule has 11 heteroatoms. The van der Waals surface area contributed by atoms with E-state index < -0.39 is 16.6 Å². The highest BCUT2D eigenvalue weighted by Crippen LogP contribution is 2.42. The third kappa shape index (κ3) is 4.35. The molecule has 29 heavy (non-hydrogen) atoms. The maximum atomic E-state index is 12.5. The molecular formula is C18H15F2N3O4S2. The fourth-order valence-electron chi connectivity index (χ4n) is 2.99. The number of amidine groups is 1. The minimum Gasteiger partial charge on any atom is -0.435 e. The third-order valence-electron chi connectivity index (χ3n) is 4.31. The molecule has 0 radical (unpaired) electrons. The molecule has 0 saturated heterocycles. The number of sulfonamides is 1. The number of nitrogens with one attached hydrogen (secondary N) is 1. The van der Waals surface area contributed by atoms with Crippen molar-refractivity contribution in [3.05, 3.63) is 53.6 Å².